The van der Waals surface area contributed by atoms with Crippen LogP contribution in [0.2, 0.25) is 0 Å². The molecule has 0 amide bonds. The number of nitrogens with two attached hydrogens (primary N) is 1. The van der Waals surface area contributed by atoms with Crippen LogP contribution in [-0.4, -0.2) is 47.3 Å². The number of aromatic nitrogens is 2. The number of aliphatic hydroxyl groups is 1. The van der Waals surface area contributed by atoms with E-state index >= 15 is 0 Å². The van der Waals surface area contributed by atoms with Crippen LogP contribution in [0.25, 0.3) is 0 Å². The summed E-state index contributed by atoms with van der Waals surface area (Å²) in [5, 5.41) is 13.1. The summed E-state index contributed by atoms with van der Waals surface area (Å²) in [7, 11) is -3.60. The number of aliphatic hydroxyl groups excluding tert-OH is 1. The zero-order valence-corrected chi connectivity index (χ0v) is 11.8. The Labute approximate surface area is 113 Å². The topological polar surface area (TPSA) is 101 Å². The Morgan fingerprint density at radius 1 is 1.58 bits per heavy atom. The second kappa shape index (κ2) is 5.48. The number of nitrogen functional groups attached to an aromatic ring is 1. The maximum absolute atomic E-state index is 12.4. The first-order chi connectivity index (χ1) is 8.98. The number of nitrogens with zero attached hydrogens (tertiary/aromatic N) is 3. The molecule has 0 aromatic carbocycles. The van der Waals surface area contributed by atoms with Crippen molar-refractivity contribution in [2.75, 3.05) is 25.4 Å². The highest BCUT2D eigenvalue weighted by atomic mass is 32.2. The summed E-state index contributed by atoms with van der Waals surface area (Å²) in [4.78, 5) is 0.0690. The summed E-state index contributed by atoms with van der Waals surface area (Å²) in [6.45, 7) is 3.40. The van der Waals surface area contributed by atoms with Crippen molar-refractivity contribution >= 4 is 15.8 Å². The van der Waals surface area contributed by atoms with Gasteiger partial charge in [-0.25, -0.2) is 8.42 Å². The van der Waals surface area contributed by atoms with Crippen LogP contribution in [0.5, 0.6) is 0 Å². The summed E-state index contributed by atoms with van der Waals surface area (Å²) in [6.07, 6.45) is 3.02. The van der Waals surface area contributed by atoms with Gasteiger partial charge >= 0.3 is 0 Å². The van der Waals surface area contributed by atoms with Gasteiger partial charge in [0.1, 0.15) is 4.90 Å². The van der Waals surface area contributed by atoms with Crippen LogP contribution in [-0.2, 0) is 16.6 Å². The summed E-state index contributed by atoms with van der Waals surface area (Å²) in [5.74, 6) is 0.0579. The molecule has 7 nitrogen and oxygen atoms in total. The van der Waals surface area contributed by atoms with E-state index in [0.717, 1.165) is 6.42 Å². The van der Waals surface area contributed by atoms with Crippen molar-refractivity contribution in [3.63, 3.8) is 0 Å². The summed E-state index contributed by atoms with van der Waals surface area (Å²) < 4.78 is 27.8. The molecular weight excluding hydrogens is 268 g/mol. The van der Waals surface area contributed by atoms with Gasteiger partial charge in [-0.1, -0.05) is 6.92 Å². The molecule has 0 aliphatic carbocycles. The lowest BCUT2D eigenvalue weighted by molar-refractivity contribution is 0.233. The first-order valence-electron chi connectivity index (χ1n) is 6.43. The number of hydrogen-bond donors (Lipinski definition) is 2. The average Bonchev–Trinajstić information content (AvgIpc) is 2.96. The lowest BCUT2D eigenvalue weighted by Crippen LogP contribution is -2.29. The quantitative estimate of drug-likeness (QED) is 0.786. The van der Waals surface area contributed by atoms with E-state index in [1.54, 1.807) is 4.68 Å². The van der Waals surface area contributed by atoms with Crippen LogP contribution in [0, 0.1) is 5.92 Å². The third-order valence-corrected chi connectivity index (χ3v) is 5.21. The minimum Gasteiger partial charge on any atom is -0.396 e. The minimum atomic E-state index is -3.60. The van der Waals surface area contributed by atoms with Gasteiger partial charge in [0.25, 0.3) is 0 Å². The van der Waals surface area contributed by atoms with E-state index in [2.05, 4.69) is 5.10 Å². The monoisotopic (exact) mass is 288 g/mol. The zero-order valence-electron chi connectivity index (χ0n) is 11.0. The van der Waals surface area contributed by atoms with Crippen LogP contribution in [0.15, 0.2) is 11.1 Å². The molecule has 8 heteroatoms. The maximum atomic E-state index is 12.4. The Hall–Kier alpha value is -1.12. The summed E-state index contributed by atoms with van der Waals surface area (Å²) in [5.41, 5.74) is 5.71. The second-order valence-corrected chi connectivity index (χ2v) is 6.75. The number of sulfonamides is 1. The second-order valence-electron chi connectivity index (χ2n) is 4.84. The first-order valence-corrected chi connectivity index (χ1v) is 7.87. The Balaban J connectivity index is 2.24. The number of hydrogen-bond acceptors (Lipinski definition) is 5. The van der Waals surface area contributed by atoms with E-state index in [4.69, 9.17) is 10.8 Å². The highest BCUT2D eigenvalue weighted by Crippen LogP contribution is 2.26. The molecule has 1 atom stereocenters. The summed E-state index contributed by atoms with van der Waals surface area (Å²) in [6, 6.07) is 0. The zero-order chi connectivity index (χ0) is 14.0. The van der Waals surface area contributed by atoms with Gasteiger partial charge in [-0.15, -0.1) is 0 Å². The normalized spacial score (nSPS) is 21.1. The molecule has 108 valence electrons. The van der Waals surface area contributed by atoms with Gasteiger partial charge in [0.05, 0.1) is 0 Å². The maximum Gasteiger partial charge on any atom is 0.248 e. The molecule has 2 rings (SSSR count). The van der Waals surface area contributed by atoms with Crippen molar-refractivity contribution in [2.24, 2.45) is 5.92 Å². The molecule has 1 unspecified atom stereocenters. The minimum absolute atomic E-state index is 0.0105. The smallest absolute Gasteiger partial charge is 0.248 e. The number of rotatable bonds is 5. The van der Waals surface area contributed by atoms with Crippen molar-refractivity contribution in [3.8, 4) is 0 Å². The van der Waals surface area contributed by atoms with Crippen molar-refractivity contribution in [1.82, 2.24) is 14.1 Å². The molecule has 0 saturated carbocycles. The Morgan fingerprint density at radius 3 is 2.89 bits per heavy atom. The van der Waals surface area contributed by atoms with Gasteiger partial charge in [0.15, 0.2) is 5.82 Å². The Kier molecular flexibility index (Phi) is 4.12. The van der Waals surface area contributed by atoms with Crippen LogP contribution in [0.3, 0.4) is 0 Å². The first kappa shape index (κ1) is 14.3. The Morgan fingerprint density at radius 2 is 2.32 bits per heavy atom. The molecular formula is C11H20N4O3S. The van der Waals surface area contributed by atoms with Crippen LogP contribution in [0.4, 0.5) is 5.82 Å². The van der Waals surface area contributed by atoms with E-state index in [1.807, 2.05) is 6.92 Å². The van der Waals surface area contributed by atoms with Gasteiger partial charge in [-0.3, -0.25) is 4.68 Å². The molecule has 1 aromatic rings. The van der Waals surface area contributed by atoms with Crippen molar-refractivity contribution < 1.29 is 13.5 Å². The SMILES string of the molecule is CCCn1cc(S(=O)(=O)N2CCC(CO)C2)c(N)n1. The lowest BCUT2D eigenvalue weighted by Gasteiger charge is -2.15. The van der Waals surface area contributed by atoms with Crippen molar-refractivity contribution in [2.45, 2.75) is 31.2 Å². The predicted octanol–water partition coefficient (Wildman–Crippen LogP) is -0.122. The van der Waals surface area contributed by atoms with Crippen molar-refractivity contribution in [1.29, 1.82) is 0 Å². The van der Waals surface area contributed by atoms with E-state index < -0.39 is 10.0 Å². The molecule has 1 aromatic heterocycles. The highest BCUT2D eigenvalue weighted by molar-refractivity contribution is 7.89. The van der Waals surface area contributed by atoms with E-state index in [9.17, 15) is 8.42 Å². The van der Waals surface area contributed by atoms with Gasteiger partial charge in [0.2, 0.25) is 10.0 Å². The fourth-order valence-electron chi connectivity index (χ4n) is 2.26. The number of anilines is 1. The molecule has 19 heavy (non-hydrogen) atoms. The van der Waals surface area contributed by atoms with Crippen LogP contribution >= 0.6 is 0 Å². The summed E-state index contributed by atoms with van der Waals surface area (Å²) >= 11 is 0. The highest BCUT2D eigenvalue weighted by Gasteiger charge is 2.34. The van der Waals surface area contributed by atoms with Gasteiger partial charge in [-0.05, 0) is 18.8 Å². The number of aryl methyl sites for hydroxylation is 1. The molecule has 0 spiro atoms. The molecule has 1 fully saturated rings. The predicted molar refractivity (Wildman–Crippen MR) is 70.9 cm³/mol. The molecule has 0 bridgehead atoms. The van der Waals surface area contributed by atoms with Gasteiger partial charge in [-0.2, -0.15) is 9.40 Å². The van der Waals surface area contributed by atoms with Crippen LogP contribution in [0.1, 0.15) is 19.8 Å². The third-order valence-electron chi connectivity index (χ3n) is 3.33. The van der Waals surface area contributed by atoms with Crippen molar-refractivity contribution in [3.05, 3.63) is 6.20 Å². The van der Waals surface area contributed by atoms with E-state index in [1.165, 1.54) is 10.5 Å². The van der Waals surface area contributed by atoms with E-state index in [-0.39, 0.29) is 23.2 Å². The lowest BCUT2D eigenvalue weighted by atomic mass is 10.1. The fraction of sp³-hybridized carbons (Fsp3) is 0.727. The molecule has 2 heterocycles. The van der Waals surface area contributed by atoms with Gasteiger partial charge < -0.3 is 10.8 Å². The van der Waals surface area contributed by atoms with Crippen LogP contribution < -0.4 is 5.73 Å². The Bertz CT molecular complexity index is 540. The third kappa shape index (κ3) is 2.75. The standard InChI is InChI=1S/C11H20N4O3S/c1-2-4-14-7-10(11(12)13-14)19(17,18)15-5-3-9(6-15)8-16/h7,9,16H,2-6,8H2,1H3,(H2,12,13). The molecule has 1 aliphatic rings. The van der Waals surface area contributed by atoms with Gasteiger partial charge in [0, 0.05) is 32.4 Å². The largest absolute Gasteiger partial charge is 0.396 e. The molecule has 1 saturated heterocycles. The average molecular weight is 288 g/mol. The molecule has 0 radical (unpaired) electrons. The molecule has 3 N–H and O–H groups in total. The van der Waals surface area contributed by atoms with E-state index in [0.29, 0.717) is 26.1 Å². The molecule has 1 aliphatic heterocycles. The fourth-order valence-corrected chi connectivity index (χ4v) is 3.85.